The van der Waals surface area contributed by atoms with Crippen LogP contribution in [0.4, 0.5) is 4.79 Å². The van der Waals surface area contributed by atoms with E-state index in [2.05, 4.69) is 22.8 Å². The first-order valence-corrected chi connectivity index (χ1v) is 11.3. The maximum Gasteiger partial charge on any atom is 0.293 e. The molecule has 2 amide bonds. The monoisotopic (exact) mass is 438 g/mol. The van der Waals surface area contributed by atoms with Crippen LogP contribution in [0.1, 0.15) is 22.5 Å². The molecule has 5 heteroatoms. The van der Waals surface area contributed by atoms with Crippen LogP contribution in [0.25, 0.3) is 22.5 Å². The molecule has 0 saturated carbocycles. The van der Waals surface area contributed by atoms with Crippen molar-refractivity contribution in [2.75, 3.05) is 0 Å². The number of para-hydroxylation sites is 1. The van der Waals surface area contributed by atoms with Gasteiger partial charge in [0.2, 0.25) is 0 Å². The topological polar surface area (TPSA) is 42.3 Å². The number of imide groups is 1. The highest BCUT2D eigenvalue weighted by atomic mass is 32.2. The molecule has 3 aromatic carbocycles. The van der Waals surface area contributed by atoms with E-state index in [0.717, 1.165) is 50.7 Å². The molecular formula is C27H22N2O2S. The van der Waals surface area contributed by atoms with Crippen molar-refractivity contribution in [1.82, 2.24) is 9.47 Å². The highest BCUT2D eigenvalue weighted by Gasteiger charge is 2.35. The maximum absolute atomic E-state index is 13.1. The highest BCUT2D eigenvalue weighted by molar-refractivity contribution is 8.18. The van der Waals surface area contributed by atoms with E-state index in [1.54, 1.807) is 0 Å². The van der Waals surface area contributed by atoms with Gasteiger partial charge in [-0.25, -0.2) is 0 Å². The smallest absolute Gasteiger partial charge is 0.293 e. The molecule has 0 unspecified atom stereocenters. The molecule has 0 atom stereocenters. The van der Waals surface area contributed by atoms with Crippen LogP contribution >= 0.6 is 11.8 Å². The van der Waals surface area contributed by atoms with Crippen LogP contribution in [0.3, 0.4) is 0 Å². The number of benzene rings is 3. The van der Waals surface area contributed by atoms with Gasteiger partial charge < -0.3 is 4.57 Å². The summed E-state index contributed by atoms with van der Waals surface area (Å²) in [5.74, 6) is -0.238. The normalized spacial score (nSPS) is 15.3. The summed E-state index contributed by atoms with van der Waals surface area (Å²) < 4.78 is 2.16. The predicted molar refractivity (Wildman–Crippen MR) is 131 cm³/mol. The number of hydrogen-bond donors (Lipinski definition) is 0. The van der Waals surface area contributed by atoms with Crippen molar-refractivity contribution in [3.05, 3.63) is 106 Å². The Morgan fingerprint density at radius 2 is 1.59 bits per heavy atom. The van der Waals surface area contributed by atoms with Crippen LogP contribution < -0.4 is 0 Å². The molecule has 4 aromatic rings. The number of hydrogen-bond acceptors (Lipinski definition) is 3. The quantitative estimate of drug-likeness (QED) is 0.342. The minimum Gasteiger partial charge on any atom is -0.318 e. The van der Waals surface area contributed by atoms with Crippen LogP contribution in [-0.2, 0) is 11.3 Å². The zero-order chi connectivity index (χ0) is 22.2. The molecule has 1 aliphatic rings. The molecule has 5 rings (SSSR count). The van der Waals surface area contributed by atoms with Gasteiger partial charge in [-0.05, 0) is 71.8 Å². The fraction of sp³-hybridized carbons (Fsp3) is 0.111. The number of aryl methyl sites for hydroxylation is 1. The van der Waals surface area contributed by atoms with Crippen molar-refractivity contribution < 1.29 is 9.59 Å². The second-order valence-corrected chi connectivity index (χ2v) is 8.90. The largest absolute Gasteiger partial charge is 0.318 e. The zero-order valence-corrected chi connectivity index (χ0v) is 18.7. The molecule has 32 heavy (non-hydrogen) atoms. The summed E-state index contributed by atoms with van der Waals surface area (Å²) in [5, 5.41) is 1.93. The summed E-state index contributed by atoms with van der Waals surface area (Å²) in [4.78, 5) is 27.7. The molecule has 2 heterocycles. The average molecular weight is 439 g/mol. The van der Waals surface area contributed by atoms with Gasteiger partial charge in [0, 0.05) is 17.1 Å². The fourth-order valence-corrected chi connectivity index (χ4v) is 5.12. The lowest BCUT2D eigenvalue weighted by atomic mass is 10.0. The third-order valence-corrected chi connectivity index (χ3v) is 6.76. The third kappa shape index (κ3) is 3.55. The Labute approximate surface area is 191 Å². The van der Waals surface area contributed by atoms with E-state index >= 15 is 0 Å². The Morgan fingerprint density at radius 1 is 0.875 bits per heavy atom. The molecular weight excluding hydrogens is 416 g/mol. The molecule has 0 spiro atoms. The lowest BCUT2D eigenvalue weighted by Crippen LogP contribution is -2.27. The van der Waals surface area contributed by atoms with E-state index in [-0.39, 0.29) is 17.7 Å². The Morgan fingerprint density at radius 3 is 2.41 bits per heavy atom. The molecule has 0 N–H and O–H groups in total. The Bertz CT molecular complexity index is 1380. The Kier molecular flexibility index (Phi) is 5.19. The second kappa shape index (κ2) is 8.17. The second-order valence-electron chi connectivity index (χ2n) is 7.90. The fourth-order valence-electron chi connectivity index (χ4n) is 4.29. The first-order chi connectivity index (χ1) is 15.5. The van der Waals surface area contributed by atoms with Crippen molar-refractivity contribution in [3.63, 3.8) is 0 Å². The van der Waals surface area contributed by atoms with Gasteiger partial charge in [-0.1, -0.05) is 60.7 Å². The van der Waals surface area contributed by atoms with E-state index in [1.807, 2.05) is 80.6 Å². The van der Waals surface area contributed by atoms with Gasteiger partial charge in [0.05, 0.1) is 11.4 Å². The lowest BCUT2D eigenvalue weighted by Gasteiger charge is -2.14. The number of carbonyl (C=O) groups excluding carboxylic acids is 2. The molecule has 1 aromatic heterocycles. The molecule has 0 radical (unpaired) electrons. The minimum atomic E-state index is -0.238. The highest BCUT2D eigenvalue weighted by Crippen LogP contribution is 2.35. The van der Waals surface area contributed by atoms with Crippen LogP contribution in [0.15, 0.2) is 83.8 Å². The van der Waals surface area contributed by atoms with Crippen molar-refractivity contribution in [2.24, 2.45) is 0 Å². The van der Waals surface area contributed by atoms with Crippen LogP contribution in [0.2, 0.25) is 0 Å². The van der Waals surface area contributed by atoms with Crippen molar-refractivity contribution in [1.29, 1.82) is 0 Å². The van der Waals surface area contributed by atoms with Gasteiger partial charge in [-0.2, -0.15) is 0 Å². The van der Waals surface area contributed by atoms with Crippen molar-refractivity contribution in [2.45, 2.75) is 20.4 Å². The standard InChI is InChI=1S/C27H22N2O2S/c1-18-15-22(19(2)29(18)23-12-4-3-5-13-23)16-25-26(30)28(27(31)32-25)17-21-11-8-10-20-9-6-7-14-24(20)21/h3-16H,17H2,1-2H3/b25-16-. The van der Waals surface area contributed by atoms with E-state index in [9.17, 15) is 9.59 Å². The van der Waals surface area contributed by atoms with E-state index < -0.39 is 0 Å². The van der Waals surface area contributed by atoms with Gasteiger partial charge in [0.15, 0.2) is 0 Å². The van der Waals surface area contributed by atoms with Gasteiger partial charge in [0.25, 0.3) is 11.1 Å². The summed E-state index contributed by atoms with van der Waals surface area (Å²) in [7, 11) is 0. The summed E-state index contributed by atoms with van der Waals surface area (Å²) >= 11 is 1.01. The maximum atomic E-state index is 13.1. The van der Waals surface area contributed by atoms with Gasteiger partial charge in [0.1, 0.15) is 0 Å². The van der Waals surface area contributed by atoms with Gasteiger partial charge in [-0.3, -0.25) is 14.5 Å². The minimum absolute atomic E-state index is 0.231. The summed E-state index contributed by atoms with van der Waals surface area (Å²) in [6.45, 7) is 4.35. The van der Waals surface area contributed by atoms with Crippen LogP contribution in [-0.4, -0.2) is 20.6 Å². The van der Waals surface area contributed by atoms with E-state index in [4.69, 9.17) is 0 Å². The number of thioether (sulfide) groups is 1. The first kappa shape index (κ1) is 20.3. The van der Waals surface area contributed by atoms with E-state index in [0.29, 0.717) is 4.91 Å². The number of amides is 2. The summed E-state index contributed by atoms with van der Waals surface area (Å²) in [6, 6.07) is 26.2. The molecule has 4 nitrogen and oxygen atoms in total. The van der Waals surface area contributed by atoms with Crippen molar-refractivity contribution in [3.8, 4) is 5.69 Å². The number of aromatic nitrogens is 1. The average Bonchev–Trinajstić information content (AvgIpc) is 3.23. The number of rotatable bonds is 4. The summed E-state index contributed by atoms with van der Waals surface area (Å²) in [6.07, 6.45) is 1.84. The van der Waals surface area contributed by atoms with Crippen LogP contribution in [0.5, 0.6) is 0 Å². The number of nitrogens with zero attached hydrogens (tertiary/aromatic N) is 2. The van der Waals surface area contributed by atoms with Gasteiger partial charge in [-0.15, -0.1) is 0 Å². The van der Waals surface area contributed by atoms with Crippen LogP contribution in [0, 0.1) is 13.8 Å². The third-order valence-electron chi connectivity index (χ3n) is 5.85. The number of fused-ring (bicyclic) bond motifs is 1. The first-order valence-electron chi connectivity index (χ1n) is 10.5. The lowest BCUT2D eigenvalue weighted by molar-refractivity contribution is -0.123. The summed E-state index contributed by atoms with van der Waals surface area (Å²) in [5.41, 5.74) is 5.10. The molecule has 0 aliphatic carbocycles. The van der Waals surface area contributed by atoms with Crippen molar-refractivity contribution >= 4 is 39.8 Å². The molecule has 1 aliphatic heterocycles. The Hall–Kier alpha value is -3.57. The molecule has 0 bridgehead atoms. The predicted octanol–water partition coefficient (Wildman–Crippen LogP) is 6.48. The SMILES string of the molecule is Cc1cc(/C=C2\SC(=O)N(Cc3cccc4ccccc34)C2=O)c(C)n1-c1ccccc1. The molecule has 1 fully saturated rings. The van der Waals surface area contributed by atoms with Gasteiger partial charge >= 0.3 is 0 Å². The molecule has 1 saturated heterocycles. The number of carbonyl (C=O) groups is 2. The van der Waals surface area contributed by atoms with E-state index in [1.165, 1.54) is 4.90 Å². The molecule has 158 valence electrons. The Balaban J connectivity index is 1.46. The zero-order valence-electron chi connectivity index (χ0n) is 17.9.